The van der Waals surface area contributed by atoms with Crippen LogP contribution in [0.25, 0.3) is 0 Å². The zero-order valence-corrected chi connectivity index (χ0v) is 9.52. The third kappa shape index (κ3) is 2.80. The summed E-state index contributed by atoms with van der Waals surface area (Å²) < 4.78 is 5.73. The third-order valence-electron chi connectivity index (χ3n) is 2.90. The van der Waals surface area contributed by atoms with Crippen molar-refractivity contribution in [2.45, 2.75) is 26.5 Å². The number of ether oxygens (including phenoxy) is 1. The Hall–Kier alpha value is -0.860. The van der Waals surface area contributed by atoms with Crippen LogP contribution in [0.3, 0.4) is 0 Å². The van der Waals surface area contributed by atoms with Gasteiger partial charge in [-0.3, -0.25) is 4.90 Å². The maximum absolute atomic E-state index is 5.73. The monoisotopic (exact) mass is 205 g/mol. The third-order valence-corrected chi connectivity index (χ3v) is 2.90. The van der Waals surface area contributed by atoms with Gasteiger partial charge in [0.15, 0.2) is 0 Å². The molecule has 0 N–H and O–H groups in total. The van der Waals surface area contributed by atoms with Crippen LogP contribution in [0.1, 0.15) is 19.4 Å². The molecule has 0 saturated carbocycles. The van der Waals surface area contributed by atoms with Gasteiger partial charge in [-0.1, -0.05) is 44.2 Å². The summed E-state index contributed by atoms with van der Waals surface area (Å²) >= 11 is 0. The SMILES string of the molecule is CC(C)C1CN(Cc2ccccc2)CO1. The molecule has 15 heavy (non-hydrogen) atoms. The first kappa shape index (κ1) is 10.7. The summed E-state index contributed by atoms with van der Waals surface area (Å²) in [6.07, 6.45) is 0.411. The second-order valence-corrected chi connectivity index (χ2v) is 4.58. The van der Waals surface area contributed by atoms with Crippen LogP contribution in [0.15, 0.2) is 30.3 Å². The normalized spacial score (nSPS) is 22.5. The van der Waals surface area contributed by atoms with E-state index in [1.54, 1.807) is 0 Å². The maximum Gasteiger partial charge on any atom is 0.0998 e. The van der Waals surface area contributed by atoms with Gasteiger partial charge in [0.05, 0.1) is 12.8 Å². The molecule has 1 aliphatic heterocycles. The molecule has 1 fully saturated rings. The van der Waals surface area contributed by atoms with E-state index in [2.05, 4.69) is 49.1 Å². The molecule has 1 aromatic carbocycles. The lowest BCUT2D eigenvalue weighted by Crippen LogP contribution is -2.24. The van der Waals surface area contributed by atoms with E-state index in [1.165, 1.54) is 5.56 Å². The van der Waals surface area contributed by atoms with Gasteiger partial charge in [0.2, 0.25) is 0 Å². The highest BCUT2D eigenvalue weighted by atomic mass is 16.5. The number of hydrogen-bond donors (Lipinski definition) is 0. The van der Waals surface area contributed by atoms with Crippen LogP contribution in [0.5, 0.6) is 0 Å². The lowest BCUT2D eigenvalue weighted by atomic mass is 10.1. The smallest absolute Gasteiger partial charge is 0.0998 e. The summed E-state index contributed by atoms with van der Waals surface area (Å²) in [6, 6.07) is 10.6. The van der Waals surface area contributed by atoms with Crippen LogP contribution in [0.4, 0.5) is 0 Å². The fourth-order valence-electron chi connectivity index (χ4n) is 1.92. The molecule has 1 unspecified atom stereocenters. The molecule has 0 bridgehead atoms. The van der Waals surface area contributed by atoms with Gasteiger partial charge < -0.3 is 4.74 Å². The number of benzene rings is 1. The van der Waals surface area contributed by atoms with E-state index < -0.39 is 0 Å². The van der Waals surface area contributed by atoms with Crippen LogP contribution in [0.2, 0.25) is 0 Å². The van der Waals surface area contributed by atoms with E-state index >= 15 is 0 Å². The molecule has 2 heteroatoms. The summed E-state index contributed by atoms with van der Waals surface area (Å²) in [5.41, 5.74) is 1.37. The van der Waals surface area contributed by atoms with Crippen molar-refractivity contribution in [2.75, 3.05) is 13.3 Å². The Balaban J connectivity index is 1.88. The van der Waals surface area contributed by atoms with Crippen molar-refractivity contribution >= 4 is 0 Å². The van der Waals surface area contributed by atoms with Gasteiger partial charge in [0, 0.05) is 13.1 Å². The van der Waals surface area contributed by atoms with Gasteiger partial charge in [-0.25, -0.2) is 0 Å². The molecule has 0 spiro atoms. The number of rotatable bonds is 3. The van der Waals surface area contributed by atoms with Gasteiger partial charge in [-0.05, 0) is 11.5 Å². The summed E-state index contributed by atoms with van der Waals surface area (Å²) in [5.74, 6) is 0.616. The van der Waals surface area contributed by atoms with Crippen molar-refractivity contribution in [3.05, 3.63) is 35.9 Å². The molecule has 1 saturated heterocycles. The van der Waals surface area contributed by atoms with Crippen LogP contribution in [0, 0.1) is 5.92 Å². The van der Waals surface area contributed by atoms with Gasteiger partial charge in [0.25, 0.3) is 0 Å². The Labute approximate surface area is 91.9 Å². The van der Waals surface area contributed by atoms with Crippen molar-refractivity contribution in [1.82, 2.24) is 4.90 Å². The van der Waals surface area contributed by atoms with Crippen LogP contribution >= 0.6 is 0 Å². The highest BCUT2D eigenvalue weighted by Gasteiger charge is 2.25. The van der Waals surface area contributed by atoms with E-state index in [1.807, 2.05) is 0 Å². The van der Waals surface area contributed by atoms with E-state index in [0.29, 0.717) is 12.0 Å². The molecular weight excluding hydrogens is 186 g/mol. The summed E-state index contributed by atoms with van der Waals surface area (Å²) in [6.45, 7) is 7.28. The van der Waals surface area contributed by atoms with Crippen molar-refractivity contribution in [1.29, 1.82) is 0 Å². The molecule has 82 valence electrons. The van der Waals surface area contributed by atoms with Crippen molar-refractivity contribution in [3.63, 3.8) is 0 Å². The molecule has 1 atom stereocenters. The Morgan fingerprint density at radius 3 is 2.67 bits per heavy atom. The minimum Gasteiger partial charge on any atom is -0.361 e. The highest BCUT2D eigenvalue weighted by molar-refractivity contribution is 5.14. The Morgan fingerprint density at radius 2 is 2.07 bits per heavy atom. The van der Waals surface area contributed by atoms with E-state index in [4.69, 9.17) is 4.74 Å². The van der Waals surface area contributed by atoms with E-state index in [-0.39, 0.29) is 0 Å². The summed E-state index contributed by atoms with van der Waals surface area (Å²) in [5, 5.41) is 0. The largest absolute Gasteiger partial charge is 0.361 e. The molecule has 1 aromatic rings. The van der Waals surface area contributed by atoms with Crippen LogP contribution in [-0.4, -0.2) is 24.3 Å². The summed E-state index contributed by atoms with van der Waals surface area (Å²) in [4.78, 5) is 2.36. The van der Waals surface area contributed by atoms with Crippen molar-refractivity contribution < 1.29 is 4.74 Å². The fraction of sp³-hybridized carbons (Fsp3) is 0.538. The molecule has 1 aliphatic rings. The molecule has 0 radical (unpaired) electrons. The first-order valence-corrected chi connectivity index (χ1v) is 5.63. The second-order valence-electron chi connectivity index (χ2n) is 4.58. The van der Waals surface area contributed by atoms with Crippen molar-refractivity contribution in [3.8, 4) is 0 Å². The fourth-order valence-corrected chi connectivity index (χ4v) is 1.92. The van der Waals surface area contributed by atoms with Gasteiger partial charge in [-0.15, -0.1) is 0 Å². The maximum atomic E-state index is 5.73. The van der Waals surface area contributed by atoms with E-state index in [0.717, 1.165) is 19.8 Å². The van der Waals surface area contributed by atoms with E-state index in [9.17, 15) is 0 Å². The highest BCUT2D eigenvalue weighted by Crippen LogP contribution is 2.17. The topological polar surface area (TPSA) is 12.5 Å². The quantitative estimate of drug-likeness (QED) is 0.751. The average Bonchev–Trinajstić information content (AvgIpc) is 2.68. The van der Waals surface area contributed by atoms with Gasteiger partial charge >= 0.3 is 0 Å². The molecule has 1 heterocycles. The Morgan fingerprint density at radius 1 is 1.33 bits per heavy atom. The Bertz CT molecular complexity index is 297. The molecule has 2 rings (SSSR count). The average molecular weight is 205 g/mol. The lowest BCUT2D eigenvalue weighted by Gasteiger charge is -2.14. The van der Waals surface area contributed by atoms with Crippen LogP contribution < -0.4 is 0 Å². The standard InChI is InChI=1S/C13H19NO/c1-11(2)13-9-14(10-15-13)8-12-6-4-3-5-7-12/h3-7,11,13H,8-10H2,1-2H3. The zero-order valence-electron chi connectivity index (χ0n) is 9.52. The predicted molar refractivity (Wildman–Crippen MR) is 61.4 cm³/mol. The van der Waals surface area contributed by atoms with Crippen molar-refractivity contribution in [2.24, 2.45) is 5.92 Å². The molecule has 0 aromatic heterocycles. The predicted octanol–water partition coefficient (Wildman–Crippen LogP) is 2.50. The zero-order chi connectivity index (χ0) is 10.7. The van der Waals surface area contributed by atoms with Gasteiger partial charge in [0.1, 0.15) is 0 Å². The number of hydrogen-bond acceptors (Lipinski definition) is 2. The van der Waals surface area contributed by atoms with Gasteiger partial charge in [-0.2, -0.15) is 0 Å². The molecule has 0 amide bonds. The summed E-state index contributed by atoms with van der Waals surface area (Å²) in [7, 11) is 0. The minimum atomic E-state index is 0.411. The molecule has 2 nitrogen and oxygen atoms in total. The first-order valence-electron chi connectivity index (χ1n) is 5.63. The first-order chi connectivity index (χ1) is 7.25. The number of nitrogens with zero attached hydrogens (tertiary/aromatic N) is 1. The Kier molecular flexibility index (Phi) is 3.39. The molecular formula is C13H19NO. The second kappa shape index (κ2) is 4.77. The molecule has 0 aliphatic carbocycles. The lowest BCUT2D eigenvalue weighted by molar-refractivity contribution is 0.0632. The minimum absolute atomic E-state index is 0.411. The van der Waals surface area contributed by atoms with Crippen LogP contribution in [-0.2, 0) is 11.3 Å².